The Labute approximate surface area is 478 Å². The van der Waals surface area contributed by atoms with Crippen molar-refractivity contribution in [3.05, 3.63) is 297 Å². The minimum absolute atomic E-state index is 0.480. The molecule has 83 heavy (non-hydrogen) atoms. The van der Waals surface area contributed by atoms with Crippen molar-refractivity contribution in [3.8, 4) is 90.4 Å². The molecular formula is C77H48N6. The second-order valence-corrected chi connectivity index (χ2v) is 21.2. The highest BCUT2D eigenvalue weighted by molar-refractivity contribution is 6.16. The average Bonchev–Trinajstić information content (AvgIpc) is 2.06. The van der Waals surface area contributed by atoms with Crippen LogP contribution in [0.25, 0.3) is 150 Å². The molecule has 6 nitrogen and oxygen atoms in total. The molecule has 0 saturated carbocycles. The van der Waals surface area contributed by atoms with Crippen molar-refractivity contribution < 1.29 is 0 Å². The SMILES string of the molecule is N#Cc1cc(-c2cc(-c3ccccc3)nc(-c3ccccc3)n2)c(-n2c3ccccc3c3cc(-c4ccccc4)ccc32)c(-n2c3ccccc3c3cc(-c4ccccc4)ccc32)c1-n1c2ccccc2c2cc(-c3ccccc3)ccc21. The van der Waals surface area contributed by atoms with Crippen molar-refractivity contribution in [1.29, 1.82) is 5.26 Å². The topological polar surface area (TPSA) is 64.4 Å². The molecule has 0 unspecified atom stereocenters. The molecule has 6 heteroatoms. The minimum atomic E-state index is 0.480. The molecule has 0 bridgehead atoms. The summed E-state index contributed by atoms with van der Waals surface area (Å²) in [5, 5.41) is 18.8. The predicted octanol–water partition coefficient (Wildman–Crippen LogP) is 19.6. The number of nitriles is 1. The van der Waals surface area contributed by atoms with Gasteiger partial charge in [-0.15, -0.1) is 0 Å². The van der Waals surface area contributed by atoms with Crippen LogP contribution in [0.5, 0.6) is 0 Å². The highest BCUT2D eigenvalue weighted by Crippen LogP contribution is 2.49. The molecule has 16 rings (SSSR count). The molecule has 16 aromatic rings. The van der Waals surface area contributed by atoms with E-state index in [4.69, 9.17) is 9.97 Å². The summed E-state index contributed by atoms with van der Waals surface area (Å²) in [5.41, 5.74) is 19.6. The molecule has 0 saturated heterocycles. The Morgan fingerprint density at radius 2 is 0.590 bits per heavy atom. The Hall–Kier alpha value is -11.4. The van der Waals surface area contributed by atoms with E-state index in [1.54, 1.807) is 0 Å². The van der Waals surface area contributed by atoms with Gasteiger partial charge in [-0.2, -0.15) is 5.26 Å². The minimum Gasteiger partial charge on any atom is -0.306 e. The van der Waals surface area contributed by atoms with E-state index < -0.39 is 0 Å². The first kappa shape index (κ1) is 47.6. The van der Waals surface area contributed by atoms with Gasteiger partial charge in [-0.25, -0.2) is 9.97 Å². The van der Waals surface area contributed by atoms with Crippen molar-refractivity contribution in [2.24, 2.45) is 0 Å². The number of nitrogens with zero attached hydrogens (tertiary/aromatic N) is 6. The fraction of sp³-hybridized carbons (Fsp3) is 0. The summed E-state index contributed by atoms with van der Waals surface area (Å²) in [6.45, 7) is 0. The summed E-state index contributed by atoms with van der Waals surface area (Å²) < 4.78 is 7.23. The first-order chi connectivity index (χ1) is 41.1. The van der Waals surface area contributed by atoms with Gasteiger partial charge in [0.05, 0.1) is 67.1 Å². The number of para-hydroxylation sites is 3. The van der Waals surface area contributed by atoms with Gasteiger partial charge in [0.2, 0.25) is 0 Å². The lowest BCUT2D eigenvalue weighted by atomic mass is 9.98. The largest absolute Gasteiger partial charge is 0.306 e. The fourth-order valence-corrected chi connectivity index (χ4v) is 12.7. The molecule has 0 amide bonds. The Morgan fingerprint density at radius 1 is 0.253 bits per heavy atom. The first-order valence-corrected chi connectivity index (χ1v) is 28.0. The van der Waals surface area contributed by atoms with Crippen LogP contribution < -0.4 is 0 Å². The van der Waals surface area contributed by atoms with Gasteiger partial charge in [-0.1, -0.05) is 224 Å². The molecule has 0 spiro atoms. The van der Waals surface area contributed by atoms with Crippen LogP contribution in [0.2, 0.25) is 0 Å². The molecular weight excluding hydrogens is 1010 g/mol. The van der Waals surface area contributed by atoms with E-state index in [-0.39, 0.29) is 0 Å². The second kappa shape index (κ2) is 19.5. The lowest BCUT2D eigenvalue weighted by molar-refractivity contribution is 1.04. The third-order valence-corrected chi connectivity index (χ3v) is 16.5. The lowest BCUT2D eigenvalue weighted by Gasteiger charge is -2.26. The van der Waals surface area contributed by atoms with E-state index in [1.165, 1.54) is 0 Å². The van der Waals surface area contributed by atoms with Gasteiger partial charge in [0.25, 0.3) is 0 Å². The van der Waals surface area contributed by atoms with Crippen LogP contribution >= 0.6 is 0 Å². The summed E-state index contributed by atoms with van der Waals surface area (Å²) in [6.07, 6.45) is 0. The lowest BCUT2D eigenvalue weighted by Crippen LogP contribution is -2.13. The molecule has 0 radical (unpaired) electrons. The van der Waals surface area contributed by atoms with Gasteiger partial charge in [0.1, 0.15) is 6.07 Å². The number of hydrogen-bond acceptors (Lipinski definition) is 3. The van der Waals surface area contributed by atoms with E-state index in [0.29, 0.717) is 17.1 Å². The molecule has 0 fully saturated rings. The molecule has 4 heterocycles. The summed E-state index contributed by atoms with van der Waals surface area (Å²) in [6, 6.07) is 106. The standard InChI is InChI=1S/C77H48N6/c78-49-58-47-65(67-48-66(53-28-12-4-13-29-53)79-77(80-67)54-30-14-5-15-31-54)75(82-69-36-20-17-33-60(69)63-45-56(39-42-72(63)82)51-24-8-2-9-25-51)76(83-70-37-21-18-34-61(70)64-46-57(40-43-73(64)83)52-26-10-3-11-27-52)74(58)81-68-35-19-16-32-59(68)62-44-55(38-41-71(62)81)50-22-6-1-7-23-50/h1-48H. The van der Waals surface area contributed by atoms with Crippen LogP contribution in [0.15, 0.2) is 291 Å². The number of aromatic nitrogens is 5. The second-order valence-electron chi connectivity index (χ2n) is 21.2. The summed E-state index contributed by atoms with van der Waals surface area (Å²) in [4.78, 5) is 11.0. The average molecular weight is 1060 g/mol. The summed E-state index contributed by atoms with van der Waals surface area (Å²) >= 11 is 0. The Kier molecular flexibility index (Phi) is 11.2. The zero-order valence-corrected chi connectivity index (χ0v) is 44.9. The van der Waals surface area contributed by atoms with Gasteiger partial charge in [-0.3, -0.25) is 0 Å². The van der Waals surface area contributed by atoms with Crippen molar-refractivity contribution in [1.82, 2.24) is 23.7 Å². The van der Waals surface area contributed by atoms with Gasteiger partial charge in [0.15, 0.2) is 5.82 Å². The zero-order chi connectivity index (χ0) is 55.0. The van der Waals surface area contributed by atoms with Gasteiger partial charge >= 0.3 is 0 Å². The van der Waals surface area contributed by atoms with E-state index in [1.807, 2.05) is 36.4 Å². The quantitative estimate of drug-likeness (QED) is 0.145. The maximum absolute atomic E-state index is 12.3. The van der Waals surface area contributed by atoms with E-state index in [2.05, 4.69) is 275 Å². The molecule has 0 atom stereocenters. The highest BCUT2D eigenvalue weighted by atomic mass is 15.1. The van der Waals surface area contributed by atoms with Crippen molar-refractivity contribution in [3.63, 3.8) is 0 Å². The molecule has 0 aliphatic heterocycles. The number of hydrogen-bond donors (Lipinski definition) is 0. The monoisotopic (exact) mass is 1060 g/mol. The van der Waals surface area contributed by atoms with Crippen LogP contribution in [0.1, 0.15) is 5.56 Å². The van der Waals surface area contributed by atoms with Gasteiger partial charge < -0.3 is 13.7 Å². The molecule has 12 aromatic carbocycles. The van der Waals surface area contributed by atoms with Crippen molar-refractivity contribution in [2.75, 3.05) is 0 Å². The molecule has 386 valence electrons. The Morgan fingerprint density at radius 3 is 1.01 bits per heavy atom. The van der Waals surface area contributed by atoms with Crippen molar-refractivity contribution >= 4 is 65.4 Å². The summed E-state index contributed by atoms with van der Waals surface area (Å²) in [7, 11) is 0. The molecule has 0 aliphatic carbocycles. The fourth-order valence-electron chi connectivity index (χ4n) is 12.7. The van der Waals surface area contributed by atoms with Crippen molar-refractivity contribution in [2.45, 2.75) is 0 Å². The van der Waals surface area contributed by atoms with Crippen LogP contribution in [0, 0.1) is 11.3 Å². The first-order valence-electron chi connectivity index (χ1n) is 28.0. The Bertz CT molecular complexity index is 5190. The van der Waals surface area contributed by atoms with Gasteiger partial charge in [0, 0.05) is 49.0 Å². The number of fused-ring (bicyclic) bond motifs is 9. The number of rotatable bonds is 9. The molecule has 4 aromatic heterocycles. The normalized spacial score (nSPS) is 11.6. The van der Waals surface area contributed by atoms with Crippen LogP contribution in [-0.2, 0) is 0 Å². The maximum atomic E-state index is 12.3. The Balaban J connectivity index is 1.14. The van der Waals surface area contributed by atoms with E-state index >= 15 is 0 Å². The zero-order valence-electron chi connectivity index (χ0n) is 44.9. The number of benzene rings is 12. The third-order valence-electron chi connectivity index (χ3n) is 16.5. The van der Waals surface area contributed by atoms with Crippen LogP contribution in [-0.4, -0.2) is 23.7 Å². The van der Waals surface area contributed by atoms with E-state index in [9.17, 15) is 5.26 Å². The maximum Gasteiger partial charge on any atom is 0.160 e. The third kappa shape index (κ3) is 7.79. The highest BCUT2D eigenvalue weighted by Gasteiger charge is 2.31. The van der Waals surface area contributed by atoms with Crippen LogP contribution in [0.3, 0.4) is 0 Å². The smallest absolute Gasteiger partial charge is 0.160 e. The summed E-state index contributed by atoms with van der Waals surface area (Å²) in [5.74, 6) is 0.577. The predicted molar refractivity (Wildman–Crippen MR) is 342 cm³/mol. The molecule has 0 aliphatic rings. The van der Waals surface area contributed by atoms with Crippen LogP contribution in [0.4, 0.5) is 0 Å². The van der Waals surface area contributed by atoms with Gasteiger partial charge in [-0.05, 0) is 100 Å². The van der Waals surface area contributed by atoms with E-state index in [0.717, 1.165) is 138 Å². The molecule has 0 N–H and O–H groups in total.